The van der Waals surface area contributed by atoms with Gasteiger partial charge >= 0.3 is 0 Å². The van der Waals surface area contributed by atoms with E-state index in [0.717, 1.165) is 50.0 Å². The van der Waals surface area contributed by atoms with Crippen LogP contribution >= 0.6 is 0 Å². The molecule has 1 aromatic heterocycles. The van der Waals surface area contributed by atoms with Crippen molar-refractivity contribution in [2.75, 3.05) is 30.3 Å². The molecule has 3 aromatic rings. The molecule has 2 aliphatic heterocycles. The van der Waals surface area contributed by atoms with Crippen molar-refractivity contribution in [1.29, 1.82) is 0 Å². The third-order valence-corrected chi connectivity index (χ3v) is 8.20. The maximum atomic E-state index is 13.4. The minimum atomic E-state index is -3.91. The highest BCUT2D eigenvalue weighted by molar-refractivity contribution is 7.92. The summed E-state index contributed by atoms with van der Waals surface area (Å²) in [7, 11) is -3.91. The number of carbonyl (C=O) groups is 2. The summed E-state index contributed by atoms with van der Waals surface area (Å²) in [6.07, 6.45) is 5.20. The summed E-state index contributed by atoms with van der Waals surface area (Å²) < 4.78 is 28.5. The molecule has 0 N–H and O–H groups in total. The number of hydrogen-bond donors (Lipinski definition) is 0. The number of nitrogens with zero attached hydrogens (tertiary/aromatic N) is 3. The third-order valence-electron chi connectivity index (χ3n) is 6.58. The minimum absolute atomic E-state index is 0.0156. The van der Waals surface area contributed by atoms with E-state index in [1.165, 1.54) is 6.20 Å². The van der Waals surface area contributed by atoms with Crippen LogP contribution in [0.1, 0.15) is 24.8 Å². The second kappa shape index (κ2) is 8.67. The molecule has 3 heterocycles. The number of rotatable bonds is 5. The molecular weight excluding hydrogens is 438 g/mol. The molecule has 2 aliphatic rings. The first-order valence-corrected chi connectivity index (χ1v) is 13.1. The van der Waals surface area contributed by atoms with E-state index < -0.39 is 21.5 Å². The number of likely N-dealkylation sites (tertiary alicyclic amines) is 1. The Balaban J connectivity index is 1.44. The molecule has 0 aliphatic carbocycles. The van der Waals surface area contributed by atoms with Crippen molar-refractivity contribution in [3.63, 3.8) is 0 Å². The normalized spacial score (nSPS) is 16.2. The average Bonchev–Trinajstić information content (AvgIpc) is 3.48. The van der Waals surface area contributed by atoms with Crippen LogP contribution in [-0.2, 0) is 32.4 Å². The molecule has 0 radical (unpaired) electrons. The lowest BCUT2D eigenvalue weighted by Crippen LogP contribution is -2.39. The second-order valence-corrected chi connectivity index (χ2v) is 10.7. The van der Waals surface area contributed by atoms with Gasteiger partial charge in [-0.15, -0.1) is 0 Å². The first-order chi connectivity index (χ1) is 15.9. The zero-order chi connectivity index (χ0) is 23.0. The Bertz CT molecular complexity index is 1320. The van der Waals surface area contributed by atoms with E-state index in [0.29, 0.717) is 17.4 Å². The summed E-state index contributed by atoms with van der Waals surface area (Å²) in [5.41, 5.74) is 2.54. The Kier molecular flexibility index (Phi) is 5.70. The van der Waals surface area contributed by atoms with E-state index in [1.807, 2.05) is 41.3 Å². The lowest BCUT2D eigenvalue weighted by atomic mass is 10.0. The van der Waals surface area contributed by atoms with Gasteiger partial charge in [0.05, 0.1) is 4.90 Å². The first kappa shape index (κ1) is 21.7. The van der Waals surface area contributed by atoms with E-state index in [1.54, 1.807) is 21.6 Å². The number of amides is 2. The SMILES string of the molecule is O=C(Cn1cc(S(=O)(=O)CC(=O)N2CCCc3ccccc32)c2ccccc21)N1CCCC1. The zero-order valence-electron chi connectivity index (χ0n) is 18.4. The van der Waals surface area contributed by atoms with E-state index in [2.05, 4.69) is 0 Å². The van der Waals surface area contributed by atoms with Gasteiger partial charge in [-0.2, -0.15) is 0 Å². The van der Waals surface area contributed by atoms with E-state index in [4.69, 9.17) is 0 Å². The second-order valence-electron chi connectivity index (χ2n) is 8.76. The predicted molar refractivity (Wildman–Crippen MR) is 127 cm³/mol. The van der Waals surface area contributed by atoms with Gasteiger partial charge in [-0.05, 0) is 43.4 Å². The highest BCUT2D eigenvalue weighted by Gasteiger charge is 2.30. The molecule has 8 heteroatoms. The molecule has 0 atom stereocenters. The van der Waals surface area contributed by atoms with Crippen LogP contribution < -0.4 is 4.90 Å². The van der Waals surface area contributed by atoms with Crippen LogP contribution in [-0.4, -0.2) is 55.1 Å². The van der Waals surface area contributed by atoms with Gasteiger partial charge in [-0.1, -0.05) is 36.4 Å². The van der Waals surface area contributed by atoms with Crippen molar-refractivity contribution in [3.05, 3.63) is 60.3 Å². The Morgan fingerprint density at radius 2 is 1.58 bits per heavy atom. The fourth-order valence-electron chi connectivity index (χ4n) is 4.91. The molecule has 0 spiro atoms. The molecular formula is C25H27N3O4S. The Morgan fingerprint density at radius 1 is 0.848 bits per heavy atom. The van der Waals surface area contributed by atoms with Crippen molar-refractivity contribution >= 4 is 38.2 Å². The molecule has 2 amide bonds. The highest BCUT2D eigenvalue weighted by atomic mass is 32.2. The van der Waals surface area contributed by atoms with E-state index in [9.17, 15) is 18.0 Å². The van der Waals surface area contributed by atoms with Crippen LogP contribution in [0.3, 0.4) is 0 Å². The Labute approximate surface area is 193 Å². The number of benzene rings is 2. The van der Waals surface area contributed by atoms with Crippen LogP contribution in [0, 0.1) is 0 Å². The van der Waals surface area contributed by atoms with Gasteiger partial charge < -0.3 is 14.4 Å². The lowest BCUT2D eigenvalue weighted by molar-refractivity contribution is -0.130. The number of hydrogen-bond acceptors (Lipinski definition) is 4. The fraction of sp³-hybridized carbons (Fsp3) is 0.360. The molecule has 2 aromatic carbocycles. The van der Waals surface area contributed by atoms with Crippen LogP contribution in [0.5, 0.6) is 0 Å². The molecule has 33 heavy (non-hydrogen) atoms. The number of fused-ring (bicyclic) bond motifs is 2. The molecule has 0 bridgehead atoms. The molecule has 0 saturated carbocycles. The molecule has 7 nitrogen and oxygen atoms in total. The maximum Gasteiger partial charge on any atom is 0.242 e. The number of aryl methyl sites for hydroxylation is 1. The van der Waals surface area contributed by atoms with Crippen LogP contribution in [0.4, 0.5) is 5.69 Å². The van der Waals surface area contributed by atoms with Gasteiger partial charge in [0.2, 0.25) is 11.8 Å². The monoisotopic (exact) mass is 465 g/mol. The van der Waals surface area contributed by atoms with Crippen molar-refractivity contribution in [1.82, 2.24) is 9.47 Å². The number of carbonyl (C=O) groups excluding carboxylic acids is 2. The number of para-hydroxylation sites is 2. The summed E-state index contributed by atoms with van der Waals surface area (Å²) in [6, 6.07) is 14.8. The fourth-order valence-corrected chi connectivity index (χ4v) is 6.35. The maximum absolute atomic E-state index is 13.4. The summed E-state index contributed by atoms with van der Waals surface area (Å²) >= 11 is 0. The van der Waals surface area contributed by atoms with E-state index in [-0.39, 0.29) is 17.3 Å². The topological polar surface area (TPSA) is 79.7 Å². The van der Waals surface area contributed by atoms with Crippen molar-refractivity contribution in [3.8, 4) is 0 Å². The van der Waals surface area contributed by atoms with Gasteiger partial charge in [0.25, 0.3) is 0 Å². The summed E-state index contributed by atoms with van der Waals surface area (Å²) in [4.78, 5) is 29.3. The average molecular weight is 466 g/mol. The lowest BCUT2D eigenvalue weighted by Gasteiger charge is -2.29. The van der Waals surface area contributed by atoms with Crippen molar-refractivity contribution < 1.29 is 18.0 Å². The molecule has 172 valence electrons. The number of aromatic nitrogens is 1. The van der Waals surface area contributed by atoms with Gasteiger partial charge in [-0.25, -0.2) is 8.42 Å². The summed E-state index contributed by atoms with van der Waals surface area (Å²) in [5, 5.41) is 0.540. The standard InChI is InChI=1S/C25H27N3O4S/c29-24(26-13-5-6-14-26)17-27-16-23(20-10-2-4-12-22(20)27)33(31,32)18-25(30)28-15-7-9-19-8-1-3-11-21(19)28/h1-4,8,10-12,16H,5-7,9,13-15,17-18H2. The van der Waals surface area contributed by atoms with Gasteiger partial charge in [-0.3, -0.25) is 9.59 Å². The van der Waals surface area contributed by atoms with Crippen LogP contribution in [0.15, 0.2) is 59.6 Å². The zero-order valence-corrected chi connectivity index (χ0v) is 19.3. The van der Waals surface area contributed by atoms with Gasteiger partial charge in [0.15, 0.2) is 9.84 Å². The van der Waals surface area contributed by atoms with Crippen LogP contribution in [0.25, 0.3) is 10.9 Å². The van der Waals surface area contributed by atoms with Crippen molar-refractivity contribution in [2.45, 2.75) is 37.1 Å². The number of sulfone groups is 1. The smallest absolute Gasteiger partial charge is 0.242 e. The summed E-state index contributed by atoms with van der Waals surface area (Å²) in [6.45, 7) is 2.09. The van der Waals surface area contributed by atoms with Crippen LogP contribution in [0.2, 0.25) is 0 Å². The highest BCUT2D eigenvalue weighted by Crippen LogP contribution is 2.30. The quantitative estimate of drug-likeness (QED) is 0.580. The Morgan fingerprint density at radius 3 is 2.39 bits per heavy atom. The number of anilines is 1. The molecule has 0 unspecified atom stereocenters. The first-order valence-electron chi connectivity index (χ1n) is 11.4. The van der Waals surface area contributed by atoms with E-state index >= 15 is 0 Å². The van der Waals surface area contributed by atoms with Crippen molar-refractivity contribution in [2.24, 2.45) is 0 Å². The predicted octanol–water partition coefficient (Wildman–Crippen LogP) is 3.02. The van der Waals surface area contributed by atoms with Gasteiger partial charge in [0, 0.05) is 42.4 Å². The largest absolute Gasteiger partial charge is 0.341 e. The minimum Gasteiger partial charge on any atom is -0.341 e. The third kappa shape index (κ3) is 4.15. The molecule has 1 fully saturated rings. The Hall–Kier alpha value is -3.13. The van der Waals surface area contributed by atoms with Gasteiger partial charge in [0.1, 0.15) is 12.3 Å². The summed E-state index contributed by atoms with van der Waals surface area (Å²) in [5.74, 6) is -1.04. The molecule has 1 saturated heterocycles. The molecule has 5 rings (SSSR count).